The summed E-state index contributed by atoms with van der Waals surface area (Å²) < 4.78 is 32.5. The maximum Gasteiger partial charge on any atom is 0.258 e. The van der Waals surface area contributed by atoms with E-state index in [1.807, 2.05) is 18.2 Å². The van der Waals surface area contributed by atoms with E-state index in [4.69, 9.17) is 14.2 Å². The van der Waals surface area contributed by atoms with Crippen molar-refractivity contribution >= 4 is 17.7 Å². The normalized spacial score (nSPS) is 18.3. The van der Waals surface area contributed by atoms with Crippen LogP contribution >= 0.6 is 0 Å². The zero-order chi connectivity index (χ0) is 32.2. The Morgan fingerprint density at radius 3 is 2.54 bits per heavy atom. The van der Waals surface area contributed by atoms with Gasteiger partial charge in [0, 0.05) is 37.2 Å². The Kier molecular flexibility index (Phi) is 8.87. The Balaban J connectivity index is 1.35. The molecule has 3 amide bonds. The Labute approximate surface area is 266 Å². The maximum absolute atomic E-state index is 14.8. The SMILES string of the molecule is COc1ccc2cc1-c1cccc(c1)OCC(=O)NCc1ccc(cc1)O[C@@H]1CCN(C(=O)c3c(C)cccc3F)C[C@H]1NC2=O. The van der Waals surface area contributed by atoms with Crippen molar-refractivity contribution in [3.8, 4) is 28.4 Å². The molecule has 3 aliphatic rings. The van der Waals surface area contributed by atoms with Gasteiger partial charge in [0.1, 0.15) is 29.2 Å². The number of hydrogen-bond donors (Lipinski definition) is 2. The third-order valence-corrected chi connectivity index (χ3v) is 8.27. The summed E-state index contributed by atoms with van der Waals surface area (Å²) >= 11 is 0. The molecule has 1 saturated heterocycles. The lowest BCUT2D eigenvalue weighted by Gasteiger charge is -2.39. The number of amides is 3. The molecule has 0 aromatic heterocycles. The van der Waals surface area contributed by atoms with Gasteiger partial charge in [-0.05, 0) is 72.1 Å². The first-order valence-electron chi connectivity index (χ1n) is 15.1. The van der Waals surface area contributed by atoms with Gasteiger partial charge >= 0.3 is 0 Å². The molecule has 1 fully saturated rings. The van der Waals surface area contributed by atoms with Crippen LogP contribution in [0.25, 0.3) is 11.1 Å². The minimum Gasteiger partial charge on any atom is -0.496 e. The van der Waals surface area contributed by atoms with Crippen molar-refractivity contribution < 1.29 is 33.0 Å². The van der Waals surface area contributed by atoms with Crippen LogP contribution in [0.2, 0.25) is 0 Å². The van der Waals surface area contributed by atoms with Crippen molar-refractivity contribution in [3.05, 3.63) is 113 Å². The van der Waals surface area contributed by atoms with Crippen LogP contribution in [0.5, 0.6) is 17.2 Å². The van der Waals surface area contributed by atoms with Crippen LogP contribution in [-0.2, 0) is 11.3 Å². The monoisotopic (exact) mass is 623 g/mol. The molecule has 4 aromatic carbocycles. The van der Waals surface area contributed by atoms with Crippen molar-refractivity contribution in [2.24, 2.45) is 0 Å². The van der Waals surface area contributed by atoms with Gasteiger partial charge in [0.15, 0.2) is 6.61 Å². The van der Waals surface area contributed by atoms with Gasteiger partial charge in [-0.2, -0.15) is 0 Å². The van der Waals surface area contributed by atoms with Gasteiger partial charge in [0.2, 0.25) is 0 Å². The predicted octanol–water partition coefficient (Wildman–Crippen LogP) is 4.91. The second-order valence-electron chi connectivity index (χ2n) is 11.4. The molecule has 6 bridgehead atoms. The van der Waals surface area contributed by atoms with E-state index in [9.17, 15) is 18.8 Å². The van der Waals surface area contributed by atoms with E-state index < -0.39 is 23.9 Å². The van der Waals surface area contributed by atoms with Crippen molar-refractivity contribution in [1.82, 2.24) is 15.5 Å². The molecule has 4 aromatic rings. The van der Waals surface area contributed by atoms with Crippen LogP contribution in [0.3, 0.4) is 0 Å². The Hall–Kier alpha value is -5.38. The minimum absolute atomic E-state index is 0.0220. The first kappa shape index (κ1) is 30.6. The summed E-state index contributed by atoms with van der Waals surface area (Å²) in [6.07, 6.45) is -0.0692. The van der Waals surface area contributed by atoms with Crippen LogP contribution in [-0.4, -0.2) is 61.6 Å². The zero-order valence-electron chi connectivity index (χ0n) is 25.5. The van der Waals surface area contributed by atoms with Gasteiger partial charge in [0.25, 0.3) is 17.7 Å². The highest BCUT2D eigenvalue weighted by Gasteiger charge is 2.36. The molecule has 0 spiro atoms. The number of hydrogen-bond acceptors (Lipinski definition) is 6. The number of piperidine rings is 1. The number of carbonyl (C=O) groups is 3. The summed E-state index contributed by atoms with van der Waals surface area (Å²) in [6.45, 7) is 2.28. The van der Waals surface area contributed by atoms with Gasteiger partial charge < -0.3 is 29.7 Å². The van der Waals surface area contributed by atoms with Crippen LogP contribution in [0.4, 0.5) is 4.39 Å². The topological polar surface area (TPSA) is 106 Å². The fraction of sp³-hybridized carbons (Fsp3) is 0.250. The maximum atomic E-state index is 14.8. The molecule has 46 heavy (non-hydrogen) atoms. The van der Waals surface area contributed by atoms with E-state index >= 15 is 0 Å². The van der Waals surface area contributed by atoms with Crippen molar-refractivity contribution in [2.45, 2.75) is 32.0 Å². The third kappa shape index (κ3) is 6.66. The lowest BCUT2D eigenvalue weighted by molar-refractivity contribution is -0.123. The van der Waals surface area contributed by atoms with Crippen molar-refractivity contribution in [3.63, 3.8) is 0 Å². The van der Waals surface area contributed by atoms with Gasteiger partial charge in [-0.3, -0.25) is 14.4 Å². The number of fused-ring (bicyclic) bond motifs is 7. The third-order valence-electron chi connectivity index (χ3n) is 8.27. The predicted molar refractivity (Wildman–Crippen MR) is 170 cm³/mol. The second kappa shape index (κ2) is 13.3. The van der Waals surface area contributed by atoms with Gasteiger partial charge in [-0.25, -0.2) is 4.39 Å². The molecule has 2 N–H and O–H groups in total. The highest BCUT2D eigenvalue weighted by Crippen LogP contribution is 2.33. The largest absolute Gasteiger partial charge is 0.496 e. The van der Waals surface area contributed by atoms with Crippen molar-refractivity contribution in [1.29, 1.82) is 0 Å². The number of halogens is 1. The van der Waals surface area contributed by atoms with E-state index in [2.05, 4.69) is 10.6 Å². The quantitative estimate of drug-likeness (QED) is 0.329. The summed E-state index contributed by atoms with van der Waals surface area (Å²) in [6, 6.07) is 23.5. The van der Waals surface area contributed by atoms with Crippen LogP contribution in [0.1, 0.15) is 38.3 Å². The van der Waals surface area contributed by atoms with E-state index in [0.29, 0.717) is 53.4 Å². The van der Waals surface area contributed by atoms with E-state index in [1.54, 1.807) is 79.6 Å². The Morgan fingerprint density at radius 1 is 0.957 bits per heavy atom. The molecular weight excluding hydrogens is 589 g/mol. The Morgan fingerprint density at radius 2 is 1.76 bits per heavy atom. The summed E-state index contributed by atoms with van der Waals surface area (Å²) in [5.74, 6) is -0.0474. The number of nitrogens with one attached hydrogen (secondary N) is 2. The van der Waals surface area contributed by atoms with Crippen LogP contribution < -0.4 is 24.8 Å². The molecule has 7 rings (SSSR count). The summed E-state index contributed by atoms with van der Waals surface area (Å²) in [7, 11) is 1.55. The standard InChI is InChI=1S/C36H34FN3O6/c1-22-5-3-8-29(37)34(22)36(43)40-16-15-32-30(20-40)39-35(42)25-11-14-31(44-2)28(18-25)24-6-4-7-27(17-24)45-21-33(41)38-19-23-9-12-26(46-32)13-10-23/h3-14,17-18,30,32H,15-16,19-21H2,1-2H3,(H,38,41)(H,39,42)/t30-,32-/m1/s1. The summed E-state index contributed by atoms with van der Waals surface area (Å²) in [5.41, 5.74) is 3.19. The van der Waals surface area contributed by atoms with Gasteiger partial charge in [-0.15, -0.1) is 0 Å². The number of rotatable bonds is 2. The number of ether oxygens (including phenoxy) is 3. The second-order valence-corrected chi connectivity index (χ2v) is 11.4. The van der Waals surface area contributed by atoms with E-state index in [1.165, 1.54) is 6.07 Å². The molecule has 9 nitrogen and oxygen atoms in total. The number of aryl methyl sites for hydroxylation is 1. The molecule has 236 valence electrons. The van der Waals surface area contributed by atoms with E-state index in [-0.39, 0.29) is 30.5 Å². The number of carbonyl (C=O) groups excluding carboxylic acids is 3. The molecule has 0 radical (unpaired) electrons. The lowest BCUT2D eigenvalue weighted by atomic mass is 9.98. The molecule has 0 unspecified atom stereocenters. The number of likely N-dealkylation sites (tertiary alicyclic amines) is 1. The number of methoxy groups -OCH3 is 1. The fourth-order valence-electron chi connectivity index (χ4n) is 5.80. The highest BCUT2D eigenvalue weighted by molar-refractivity contribution is 5.97. The fourth-order valence-corrected chi connectivity index (χ4v) is 5.80. The summed E-state index contributed by atoms with van der Waals surface area (Å²) in [5, 5.41) is 5.95. The first-order valence-corrected chi connectivity index (χ1v) is 15.1. The molecular formula is C36H34FN3O6. The van der Waals surface area contributed by atoms with Gasteiger partial charge in [-0.1, -0.05) is 36.4 Å². The van der Waals surface area contributed by atoms with Crippen LogP contribution in [0.15, 0.2) is 84.9 Å². The first-order chi connectivity index (χ1) is 22.3. The molecule has 2 atom stereocenters. The number of benzene rings is 4. The smallest absolute Gasteiger partial charge is 0.258 e. The molecule has 3 aliphatic heterocycles. The van der Waals surface area contributed by atoms with Crippen molar-refractivity contribution in [2.75, 3.05) is 26.8 Å². The average molecular weight is 624 g/mol. The minimum atomic E-state index is -0.607. The van der Waals surface area contributed by atoms with Gasteiger partial charge in [0.05, 0.1) is 18.7 Å². The highest BCUT2D eigenvalue weighted by atomic mass is 19.1. The van der Waals surface area contributed by atoms with Crippen LogP contribution in [0, 0.1) is 12.7 Å². The summed E-state index contributed by atoms with van der Waals surface area (Å²) in [4.78, 5) is 41.4. The lowest BCUT2D eigenvalue weighted by Crippen LogP contribution is -2.58. The average Bonchev–Trinajstić information content (AvgIpc) is 3.07. The number of nitrogens with zero attached hydrogens (tertiary/aromatic N) is 1. The molecule has 3 heterocycles. The zero-order valence-corrected chi connectivity index (χ0v) is 25.5. The Bertz CT molecular complexity index is 1760. The molecule has 10 heteroatoms. The molecule has 0 saturated carbocycles. The molecule has 0 aliphatic carbocycles. The van der Waals surface area contributed by atoms with E-state index in [0.717, 1.165) is 11.1 Å².